The molecule has 0 unspecified atom stereocenters. The molecule has 6 aliphatic heterocycles. The Morgan fingerprint density at radius 1 is 0.583 bits per heavy atom. The van der Waals surface area contributed by atoms with E-state index in [2.05, 4.69) is 42.8 Å². The zero-order valence-electron chi connectivity index (χ0n) is 77.5. The van der Waals surface area contributed by atoms with E-state index in [9.17, 15) is 83.4 Å². The zero-order valence-corrected chi connectivity index (χ0v) is 77.5. The number of likely N-dealkylation sites (tertiary alicyclic amines) is 2. The summed E-state index contributed by atoms with van der Waals surface area (Å²) in [6.07, 6.45) is 5.57. The molecule has 139 heavy (non-hydrogen) atoms. The maximum absolute atomic E-state index is 13.3. The van der Waals surface area contributed by atoms with Crippen LogP contribution in [0, 0.1) is 11.8 Å². The highest BCUT2D eigenvalue weighted by Crippen LogP contribution is 2.37. The number of halogens is 8. The van der Waals surface area contributed by atoms with Gasteiger partial charge in [0.15, 0.2) is 18.0 Å². The number of imidazole rings is 1. The van der Waals surface area contributed by atoms with Crippen molar-refractivity contribution in [1.29, 1.82) is 0 Å². The fraction of sp³-hybridized carbons (Fsp3) is 0.398. The van der Waals surface area contributed by atoms with Gasteiger partial charge >= 0.3 is 18.3 Å². The van der Waals surface area contributed by atoms with Gasteiger partial charge < -0.3 is 62.6 Å². The van der Waals surface area contributed by atoms with Crippen molar-refractivity contribution < 1.29 is 102 Å². The first kappa shape index (κ1) is 103. The first-order valence-corrected chi connectivity index (χ1v) is 46.4. The monoisotopic (exact) mass is 1920 g/mol. The van der Waals surface area contributed by atoms with Crippen LogP contribution in [0.2, 0.25) is 0 Å². The van der Waals surface area contributed by atoms with Crippen LogP contribution in [0.1, 0.15) is 168 Å². The summed E-state index contributed by atoms with van der Waals surface area (Å²) in [4.78, 5) is 132. The van der Waals surface area contributed by atoms with Crippen molar-refractivity contribution in [3.63, 3.8) is 0 Å². The van der Waals surface area contributed by atoms with E-state index < -0.39 is 59.4 Å². The standard InChI is InChI=1S/C22H23F2N3O2.C22H25N3O3.C20H22F3N3O3.C20H25F3N2O4.C19H17N3O2/c1-22(23,24)18-8-4-16(5-9-18)14-27(3)21(28)17-6-10-19(11-7-17)29-15-20-25-12-13-26(20)2;26-21(20-11-15-25(22(20)27)18-7-2-1-3-8-18)24-13-9-19(10-14-24)28-16-17-6-4-5-12-23-17;21-20(22,23)15-5-1-3-13(11-15)19(29)14-4-2-10-26(12-14)18(28)9-7-16-6-8-17(27)25-24-16;21-20(22,23)15-5-4-6-16(13-15)24-9-11-25(12-10-24)17(26)14-29-18(27)19(28)7-2-1-3-8-19;23-18(22-11-10-14-6-4-5-9-16(14)13-22)12-17-20-21-19(24-17)15-7-2-1-3-8-15/h4-13H,14-15H2,1-3H3;1-8,12,19-20H,9-11,13-16H2;1,3,5,11,14H,2,4,6-10,12H2,(H,25,27);4-6,13,28H,1-3,7-12,14H2;1-9H,10-13H2/t;20-;14-;;/m.10../s1. The summed E-state index contributed by atoms with van der Waals surface area (Å²) in [6, 6.07) is 55.6. The van der Waals surface area contributed by atoms with Gasteiger partial charge in [-0.05, 0) is 185 Å². The molecule has 0 radical (unpaired) electrons. The average molecular weight is 1920 g/mol. The van der Waals surface area contributed by atoms with Crippen LogP contribution in [-0.2, 0) is 108 Å². The number of hydrazone groups is 1. The lowest BCUT2D eigenvalue weighted by molar-refractivity contribution is -0.172. The largest absolute Gasteiger partial charge is 0.486 e. The number of anilines is 2. The Morgan fingerprint density at radius 3 is 1.91 bits per heavy atom. The molecule has 2 atom stereocenters. The van der Waals surface area contributed by atoms with E-state index in [1.165, 1.54) is 46.4 Å². The Bertz CT molecular complexity index is 5850. The average Bonchev–Trinajstić information content (AvgIpc) is 1.36. The molecule has 7 aliphatic rings. The molecule has 10 aromatic rings. The number of aryl methyl sites for hydroxylation is 1. The number of piperazine rings is 1. The predicted octanol–water partition coefficient (Wildman–Crippen LogP) is 15.7. The smallest absolute Gasteiger partial charge is 0.416 e. The number of nitrogens with one attached hydrogen (secondary N) is 1. The molecular formula is C103H112F8N14O14. The van der Waals surface area contributed by atoms with Crippen LogP contribution < -0.4 is 20.0 Å². The maximum Gasteiger partial charge on any atom is 0.416 e. The van der Waals surface area contributed by atoms with Gasteiger partial charge in [0, 0.05) is 176 Å². The van der Waals surface area contributed by atoms with Gasteiger partial charge in [-0.15, -0.1) is 10.2 Å². The number of aliphatic hydroxyl groups is 1. The van der Waals surface area contributed by atoms with Gasteiger partial charge in [0.2, 0.25) is 41.3 Å². The summed E-state index contributed by atoms with van der Waals surface area (Å²) in [5.74, 6) is -3.70. The minimum absolute atomic E-state index is 0.0198. The topological polar surface area (TPSA) is 318 Å². The number of pyridine rings is 1. The number of benzene rings is 7. The number of carbonyl (C=O) groups excluding carboxylic acids is 9. The summed E-state index contributed by atoms with van der Waals surface area (Å²) in [6.45, 7) is 6.96. The number of para-hydroxylation sites is 1. The van der Waals surface area contributed by atoms with Gasteiger partial charge in [-0.2, -0.15) is 31.4 Å². The molecule has 3 aromatic heterocycles. The minimum atomic E-state index is -4.51. The number of ketones is 1. The predicted molar refractivity (Wildman–Crippen MR) is 499 cm³/mol. The molecular weight excluding hydrogens is 1810 g/mol. The number of hydrogen-bond donors (Lipinski definition) is 2. The number of piperidine rings is 2. The van der Waals surface area contributed by atoms with E-state index in [-0.39, 0.29) is 83.8 Å². The number of carbonyl (C=O) groups is 9. The molecule has 1 saturated carbocycles. The second-order valence-electron chi connectivity index (χ2n) is 35.1. The molecule has 1 aliphatic carbocycles. The van der Waals surface area contributed by atoms with Crippen LogP contribution in [0.3, 0.4) is 0 Å². The molecule has 28 nitrogen and oxygen atoms in total. The Hall–Kier alpha value is -13.9. The number of fused-ring (bicyclic) bond motifs is 1. The number of esters is 1. The number of nitrogens with zero attached hydrogens (tertiary/aromatic N) is 13. The summed E-state index contributed by atoms with van der Waals surface area (Å²) >= 11 is 0. The van der Waals surface area contributed by atoms with Crippen LogP contribution in [0.15, 0.2) is 228 Å². The van der Waals surface area contributed by atoms with Gasteiger partial charge in [0.25, 0.3) is 17.7 Å². The van der Waals surface area contributed by atoms with Crippen LogP contribution in [0.5, 0.6) is 5.75 Å². The Labute approximate surface area is 799 Å². The van der Waals surface area contributed by atoms with Crippen molar-refractivity contribution in [3.8, 4) is 17.2 Å². The van der Waals surface area contributed by atoms with Crippen molar-refractivity contribution in [2.45, 2.75) is 166 Å². The van der Waals surface area contributed by atoms with Crippen molar-refractivity contribution in [2.24, 2.45) is 24.0 Å². The second-order valence-corrected chi connectivity index (χ2v) is 35.1. The molecule has 0 bridgehead atoms. The quantitative estimate of drug-likeness (QED) is 0.0246. The number of alkyl halides is 8. The number of ether oxygens (including phenoxy) is 3. The Balaban J connectivity index is 0.000000147. The third kappa shape index (κ3) is 29.1. The molecule has 36 heteroatoms. The Kier molecular flexibility index (Phi) is 35.3. The lowest BCUT2D eigenvalue weighted by atomic mass is 9.85. The summed E-state index contributed by atoms with van der Waals surface area (Å²) in [5.41, 5.74) is 7.00. The highest BCUT2D eigenvalue weighted by Gasteiger charge is 2.43. The van der Waals surface area contributed by atoms with Crippen molar-refractivity contribution in [2.75, 3.05) is 88.9 Å². The van der Waals surface area contributed by atoms with Crippen LogP contribution >= 0.6 is 0 Å². The summed E-state index contributed by atoms with van der Waals surface area (Å²) < 4.78 is 128. The van der Waals surface area contributed by atoms with Crippen molar-refractivity contribution >= 4 is 70.2 Å². The van der Waals surface area contributed by atoms with Gasteiger partial charge in [-0.25, -0.2) is 24.0 Å². The number of rotatable bonds is 24. The van der Waals surface area contributed by atoms with E-state index in [1.54, 1.807) is 81.5 Å². The van der Waals surface area contributed by atoms with Gasteiger partial charge in [0.1, 0.15) is 30.5 Å². The molecule has 0 spiro atoms. The van der Waals surface area contributed by atoms with E-state index in [0.29, 0.717) is 159 Å². The van der Waals surface area contributed by atoms with E-state index in [0.717, 1.165) is 110 Å². The fourth-order valence-corrected chi connectivity index (χ4v) is 17.1. The van der Waals surface area contributed by atoms with Crippen molar-refractivity contribution in [3.05, 3.63) is 281 Å². The number of Topliss-reactive ketones (excluding diaryl/α,β-unsaturated/α-hetero) is 1. The molecule has 5 fully saturated rings. The highest BCUT2D eigenvalue weighted by molar-refractivity contribution is 6.09. The number of aromatic nitrogens is 5. The summed E-state index contributed by atoms with van der Waals surface area (Å²) in [7, 11) is 3.57. The van der Waals surface area contributed by atoms with Crippen LogP contribution in [0.25, 0.3) is 11.5 Å². The Morgan fingerprint density at radius 2 is 1.25 bits per heavy atom. The molecule has 734 valence electrons. The molecule has 7 amide bonds. The molecule has 7 aromatic carbocycles. The third-order valence-corrected chi connectivity index (χ3v) is 25.2. The van der Waals surface area contributed by atoms with E-state index in [4.69, 9.17) is 18.6 Å². The van der Waals surface area contributed by atoms with Gasteiger partial charge in [-0.3, -0.25) is 43.3 Å². The van der Waals surface area contributed by atoms with Crippen molar-refractivity contribution in [1.82, 2.24) is 54.7 Å². The first-order chi connectivity index (χ1) is 66.7. The minimum Gasteiger partial charge on any atom is -0.486 e. The summed E-state index contributed by atoms with van der Waals surface area (Å²) in [5, 5.41) is 22.3. The third-order valence-electron chi connectivity index (χ3n) is 25.2. The molecule has 9 heterocycles. The lowest BCUT2D eigenvalue weighted by Crippen LogP contribution is -2.50. The second kappa shape index (κ2) is 47.9. The van der Waals surface area contributed by atoms with E-state index >= 15 is 0 Å². The van der Waals surface area contributed by atoms with Crippen LogP contribution in [0.4, 0.5) is 46.5 Å². The molecule has 17 rings (SSSR count). The van der Waals surface area contributed by atoms with E-state index in [1.807, 2.05) is 119 Å². The zero-order chi connectivity index (χ0) is 98.8. The SMILES string of the molecule is CN(Cc1ccc(C(C)(F)F)cc1)C(=O)c1ccc(OCc2nccn2C)cc1.O=C(COC(=O)C1(O)CCCCC1)N1CCN(c2cccc(C(F)(F)F)c2)CC1.O=C(Cc1nnc(-c2ccccc2)o1)N1CCc2ccccc2C1.O=C([C@H]1CCN(c2ccccc2)C1=O)N1CCC(OCc2ccccn2)CC1.O=C1CCC(CCC(=O)N2CCC[C@H](C(=O)c3cccc(C(F)(F)F)c3)C2)=NN1. The van der Waals surface area contributed by atoms with Gasteiger partial charge in [0.05, 0.1) is 29.5 Å². The number of amides is 7. The van der Waals surface area contributed by atoms with Crippen LogP contribution in [-0.4, -0.2) is 204 Å². The molecule has 4 saturated heterocycles. The fourth-order valence-electron chi connectivity index (χ4n) is 17.1. The van der Waals surface area contributed by atoms with Gasteiger partial charge in [-0.1, -0.05) is 116 Å². The lowest BCUT2D eigenvalue weighted by Gasteiger charge is -2.36. The molecule has 2 N–H and O–H groups in total. The number of hydrogen-bond acceptors (Lipinski definition) is 20. The normalized spacial score (nSPS) is 17.2. The maximum atomic E-state index is 13.3. The first-order valence-electron chi connectivity index (χ1n) is 46.4. The highest BCUT2D eigenvalue weighted by atomic mass is 19.4.